The van der Waals surface area contributed by atoms with Crippen LogP contribution in [0.15, 0.2) is 36.5 Å². The van der Waals surface area contributed by atoms with E-state index in [9.17, 15) is 0 Å². The zero-order valence-corrected chi connectivity index (χ0v) is 23.6. The van der Waals surface area contributed by atoms with Crippen molar-refractivity contribution < 1.29 is 0 Å². The van der Waals surface area contributed by atoms with Crippen LogP contribution >= 0.6 is 0 Å². The van der Waals surface area contributed by atoms with Gasteiger partial charge < -0.3 is 9.55 Å². The van der Waals surface area contributed by atoms with Crippen LogP contribution in [0.1, 0.15) is 74.4 Å². The first-order valence-corrected chi connectivity index (χ1v) is 14.3. The lowest BCUT2D eigenvalue weighted by molar-refractivity contribution is 0.715. The van der Waals surface area contributed by atoms with E-state index >= 15 is 0 Å². The molecule has 0 radical (unpaired) electrons. The first-order chi connectivity index (χ1) is 19.4. The number of H-pyrrole nitrogens is 1. The van der Waals surface area contributed by atoms with Crippen LogP contribution in [0, 0.1) is 0 Å². The number of rotatable bonds is 6. The summed E-state index contributed by atoms with van der Waals surface area (Å²) in [5, 5.41) is 10.4. The Kier molecular flexibility index (Phi) is 4.94. The number of nitrogens with one attached hydrogen (secondary N) is 1. The summed E-state index contributed by atoms with van der Waals surface area (Å²) in [7, 11) is 6.13. The second-order valence-corrected chi connectivity index (χ2v) is 11.9. The SMILES string of the molecule is CC(C)c1nc2nn(C)cc2cc1-c1nc(-c2cccc3[nH]c(-c4cc(C5CC5)n(C)n4)nc23)c(C2CC2)n1C. The third-order valence-electron chi connectivity index (χ3n) is 8.45. The molecule has 0 unspecified atom stereocenters. The summed E-state index contributed by atoms with van der Waals surface area (Å²) in [4.78, 5) is 19.0. The van der Waals surface area contributed by atoms with Gasteiger partial charge in [0.1, 0.15) is 11.5 Å². The largest absolute Gasteiger partial charge is 0.337 e. The maximum absolute atomic E-state index is 5.37. The normalized spacial score (nSPS) is 15.8. The van der Waals surface area contributed by atoms with Crippen LogP contribution in [0.25, 0.3) is 56.2 Å². The highest BCUT2D eigenvalue weighted by atomic mass is 15.3. The summed E-state index contributed by atoms with van der Waals surface area (Å²) >= 11 is 0. The lowest BCUT2D eigenvalue weighted by Crippen LogP contribution is -2.03. The number of aryl methyl sites for hydroxylation is 2. The fraction of sp³-hybridized carbons (Fsp3) is 0.387. The monoisotopic (exact) mass is 531 g/mol. The van der Waals surface area contributed by atoms with E-state index in [0.717, 1.165) is 61.9 Å². The number of benzene rings is 1. The molecule has 5 aromatic heterocycles. The highest BCUT2D eigenvalue weighted by molar-refractivity contribution is 5.94. The fourth-order valence-corrected chi connectivity index (χ4v) is 6.18. The van der Waals surface area contributed by atoms with Gasteiger partial charge in [0.2, 0.25) is 0 Å². The number of aromatic nitrogens is 9. The lowest BCUT2D eigenvalue weighted by Gasteiger charge is -2.12. The molecule has 9 heteroatoms. The number of nitrogens with zero attached hydrogens (tertiary/aromatic N) is 8. The number of fused-ring (bicyclic) bond motifs is 2. The quantitative estimate of drug-likeness (QED) is 0.276. The highest BCUT2D eigenvalue weighted by Crippen LogP contribution is 2.47. The molecular formula is C31H33N9. The predicted octanol–water partition coefficient (Wildman–Crippen LogP) is 6.19. The van der Waals surface area contributed by atoms with Crippen LogP contribution in [-0.4, -0.2) is 44.1 Å². The molecule has 0 spiro atoms. The minimum Gasteiger partial charge on any atom is -0.337 e. The Morgan fingerprint density at radius 1 is 0.900 bits per heavy atom. The zero-order valence-electron chi connectivity index (χ0n) is 23.6. The molecule has 0 saturated heterocycles. The van der Waals surface area contributed by atoms with Gasteiger partial charge in [-0.25, -0.2) is 15.0 Å². The second-order valence-electron chi connectivity index (χ2n) is 11.9. The average molecular weight is 532 g/mol. The molecule has 5 heterocycles. The molecule has 0 amide bonds. The van der Waals surface area contributed by atoms with Gasteiger partial charge in [-0.3, -0.25) is 9.36 Å². The van der Waals surface area contributed by atoms with Crippen molar-refractivity contribution in [2.75, 3.05) is 0 Å². The minimum absolute atomic E-state index is 0.238. The van der Waals surface area contributed by atoms with E-state index < -0.39 is 0 Å². The molecule has 1 aromatic carbocycles. The van der Waals surface area contributed by atoms with Crippen molar-refractivity contribution >= 4 is 22.1 Å². The molecule has 6 aromatic rings. The molecule has 2 aliphatic rings. The molecule has 0 bridgehead atoms. The van der Waals surface area contributed by atoms with Gasteiger partial charge >= 0.3 is 0 Å². The van der Waals surface area contributed by atoms with Crippen LogP contribution in [-0.2, 0) is 21.1 Å². The third kappa shape index (κ3) is 3.63. The van der Waals surface area contributed by atoms with Crippen LogP contribution < -0.4 is 0 Å². The summed E-state index contributed by atoms with van der Waals surface area (Å²) in [6.07, 6.45) is 6.89. The van der Waals surface area contributed by atoms with E-state index in [1.54, 1.807) is 0 Å². The van der Waals surface area contributed by atoms with Crippen molar-refractivity contribution in [1.82, 2.24) is 44.1 Å². The lowest BCUT2D eigenvalue weighted by atomic mass is 10.0. The number of imidazole rings is 2. The van der Waals surface area contributed by atoms with Crippen LogP contribution in [0.4, 0.5) is 0 Å². The van der Waals surface area contributed by atoms with E-state index in [1.165, 1.54) is 37.1 Å². The topological polar surface area (TPSA) is 95.0 Å². The van der Waals surface area contributed by atoms with E-state index in [2.05, 4.69) is 65.9 Å². The molecule has 1 N–H and O–H groups in total. The molecule has 0 atom stereocenters. The van der Waals surface area contributed by atoms with Crippen molar-refractivity contribution in [3.05, 3.63) is 53.6 Å². The summed E-state index contributed by atoms with van der Waals surface area (Å²) in [6.45, 7) is 4.37. The summed E-state index contributed by atoms with van der Waals surface area (Å²) in [6, 6.07) is 10.8. The first-order valence-electron chi connectivity index (χ1n) is 14.3. The molecule has 0 aliphatic heterocycles. The number of hydrogen-bond donors (Lipinski definition) is 1. The van der Waals surface area contributed by atoms with Crippen LogP contribution in [0.5, 0.6) is 0 Å². The van der Waals surface area contributed by atoms with Gasteiger partial charge in [-0.05, 0) is 49.8 Å². The molecule has 202 valence electrons. The summed E-state index contributed by atoms with van der Waals surface area (Å²) in [5.74, 6) is 3.13. The molecule has 40 heavy (non-hydrogen) atoms. The van der Waals surface area contributed by atoms with E-state index in [1.807, 2.05) is 29.7 Å². The van der Waals surface area contributed by atoms with Gasteiger partial charge in [-0.1, -0.05) is 26.0 Å². The Bertz CT molecular complexity index is 1940. The van der Waals surface area contributed by atoms with Gasteiger partial charge in [0.25, 0.3) is 0 Å². The van der Waals surface area contributed by atoms with E-state index in [0.29, 0.717) is 11.8 Å². The molecule has 2 saturated carbocycles. The molecule has 9 nitrogen and oxygen atoms in total. The number of aromatic amines is 1. The van der Waals surface area contributed by atoms with Gasteiger partial charge in [0.05, 0.1) is 22.4 Å². The smallest absolute Gasteiger partial charge is 0.181 e. The Labute approximate surface area is 232 Å². The summed E-state index contributed by atoms with van der Waals surface area (Å²) in [5.41, 5.74) is 10.4. The van der Waals surface area contributed by atoms with Crippen molar-refractivity contribution in [2.24, 2.45) is 21.1 Å². The maximum atomic E-state index is 5.37. The number of hydrogen-bond acceptors (Lipinski definition) is 5. The Morgan fingerprint density at radius 3 is 2.45 bits per heavy atom. The molecule has 2 fully saturated rings. The zero-order chi connectivity index (χ0) is 27.3. The fourth-order valence-electron chi connectivity index (χ4n) is 6.18. The first kappa shape index (κ1) is 23.6. The summed E-state index contributed by atoms with van der Waals surface area (Å²) < 4.78 is 6.14. The Balaban J connectivity index is 1.31. The Hall–Kier alpha value is -4.27. The average Bonchev–Trinajstić information content (AvgIpc) is 3.79. The second kappa shape index (κ2) is 8.36. The Morgan fingerprint density at radius 2 is 1.70 bits per heavy atom. The molecular weight excluding hydrogens is 498 g/mol. The van der Waals surface area contributed by atoms with Crippen LogP contribution in [0.2, 0.25) is 0 Å². The number of para-hydroxylation sites is 1. The van der Waals surface area contributed by atoms with E-state index in [-0.39, 0.29) is 5.92 Å². The highest BCUT2D eigenvalue weighted by Gasteiger charge is 2.34. The van der Waals surface area contributed by atoms with Crippen LogP contribution in [0.3, 0.4) is 0 Å². The molecule has 8 rings (SSSR count). The van der Waals surface area contributed by atoms with Crippen molar-refractivity contribution in [3.8, 4) is 34.2 Å². The molecule has 2 aliphatic carbocycles. The maximum Gasteiger partial charge on any atom is 0.181 e. The van der Waals surface area contributed by atoms with Gasteiger partial charge in [-0.2, -0.15) is 10.2 Å². The predicted molar refractivity (Wildman–Crippen MR) is 156 cm³/mol. The minimum atomic E-state index is 0.238. The number of pyridine rings is 1. The van der Waals surface area contributed by atoms with Crippen molar-refractivity contribution in [2.45, 2.75) is 57.3 Å². The standard InChI is InChI=1S/C31H33N9/c1-16(2)25-21(13-19-15-38(3)37-29(19)33-25)31-35-27(28(39(31)4)18-11-12-18)20-7-6-8-22-26(20)34-30(32-22)23-14-24(17-9-10-17)40(5)36-23/h6-8,13-18H,9-12H2,1-5H3,(H,32,34). The van der Waals surface area contributed by atoms with Crippen molar-refractivity contribution in [1.29, 1.82) is 0 Å². The van der Waals surface area contributed by atoms with E-state index in [4.69, 9.17) is 20.1 Å². The third-order valence-corrected chi connectivity index (χ3v) is 8.45. The van der Waals surface area contributed by atoms with Crippen molar-refractivity contribution in [3.63, 3.8) is 0 Å². The van der Waals surface area contributed by atoms with Gasteiger partial charge in [0.15, 0.2) is 11.5 Å². The van der Waals surface area contributed by atoms with Gasteiger partial charge in [-0.15, -0.1) is 0 Å². The van der Waals surface area contributed by atoms with Gasteiger partial charge in [0, 0.05) is 67.1 Å².